The van der Waals surface area contributed by atoms with Gasteiger partial charge >= 0.3 is 0 Å². The van der Waals surface area contributed by atoms with Gasteiger partial charge in [0.25, 0.3) is 0 Å². The van der Waals surface area contributed by atoms with Gasteiger partial charge in [0.05, 0.1) is 11.4 Å². The molecule has 1 fully saturated rings. The zero-order valence-corrected chi connectivity index (χ0v) is 12.1. The third-order valence-corrected chi connectivity index (χ3v) is 5.09. The largest absolute Gasteiger partial charge is 0.320 e. The molecule has 2 rings (SSSR count). The van der Waals surface area contributed by atoms with Gasteiger partial charge in [-0.25, -0.2) is 13.4 Å². The van der Waals surface area contributed by atoms with Gasteiger partial charge in [-0.2, -0.15) is 0 Å². The van der Waals surface area contributed by atoms with E-state index in [9.17, 15) is 8.42 Å². The summed E-state index contributed by atoms with van der Waals surface area (Å²) in [6.07, 6.45) is 3.89. The third kappa shape index (κ3) is 4.22. The lowest BCUT2D eigenvalue weighted by molar-refractivity contribution is 0.595. The molecule has 1 aromatic rings. The van der Waals surface area contributed by atoms with Crippen LogP contribution in [0.4, 0.5) is 5.13 Å². The van der Waals surface area contributed by atoms with Gasteiger partial charge in [-0.1, -0.05) is 0 Å². The zero-order chi connectivity index (χ0) is 13.0. The second kappa shape index (κ2) is 5.99. The van der Waals surface area contributed by atoms with Gasteiger partial charge in [0.2, 0.25) is 10.0 Å². The van der Waals surface area contributed by atoms with Crippen LogP contribution >= 0.6 is 11.3 Å². The van der Waals surface area contributed by atoms with Crippen LogP contribution in [0.5, 0.6) is 0 Å². The monoisotopic (exact) mass is 289 g/mol. The SMILES string of the molecule is CNCCCCS(=O)(=O)Nc1nc(C2CC2)cs1. The summed E-state index contributed by atoms with van der Waals surface area (Å²) in [5.41, 5.74) is 1.04. The second-order valence-electron chi connectivity index (χ2n) is 4.58. The molecule has 0 spiro atoms. The van der Waals surface area contributed by atoms with Crippen molar-refractivity contribution < 1.29 is 8.42 Å². The van der Waals surface area contributed by atoms with Crippen LogP contribution in [0.2, 0.25) is 0 Å². The van der Waals surface area contributed by atoms with Crippen molar-refractivity contribution >= 4 is 26.5 Å². The van der Waals surface area contributed by atoms with Crippen LogP contribution in [-0.2, 0) is 10.0 Å². The predicted octanol–water partition coefficient (Wildman–Crippen LogP) is 1.76. The normalized spacial score (nSPS) is 15.8. The molecule has 0 unspecified atom stereocenters. The summed E-state index contributed by atoms with van der Waals surface area (Å²) in [7, 11) is -1.37. The van der Waals surface area contributed by atoms with E-state index < -0.39 is 10.0 Å². The maximum atomic E-state index is 11.8. The topological polar surface area (TPSA) is 71.1 Å². The molecular weight excluding hydrogens is 270 g/mol. The van der Waals surface area contributed by atoms with Gasteiger partial charge in [-0.15, -0.1) is 11.3 Å². The van der Waals surface area contributed by atoms with Crippen molar-refractivity contribution in [3.8, 4) is 0 Å². The predicted molar refractivity (Wildman–Crippen MR) is 74.7 cm³/mol. The molecule has 1 heterocycles. The molecule has 5 nitrogen and oxygen atoms in total. The maximum absolute atomic E-state index is 11.8. The highest BCUT2D eigenvalue weighted by Gasteiger charge is 2.26. The van der Waals surface area contributed by atoms with E-state index in [2.05, 4.69) is 15.0 Å². The minimum absolute atomic E-state index is 0.160. The van der Waals surface area contributed by atoms with Crippen molar-refractivity contribution in [1.82, 2.24) is 10.3 Å². The Kier molecular flexibility index (Phi) is 4.58. The standard InChI is InChI=1S/C11H19N3O2S2/c1-12-6-2-3-7-18(15,16)14-11-13-10(8-17-11)9-4-5-9/h8-9,12H,2-7H2,1H3,(H,13,14). The van der Waals surface area contributed by atoms with Crippen molar-refractivity contribution in [2.75, 3.05) is 24.1 Å². The first-order chi connectivity index (χ1) is 8.61. The maximum Gasteiger partial charge on any atom is 0.234 e. The van der Waals surface area contributed by atoms with Gasteiger partial charge < -0.3 is 5.32 Å². The minimum atomic E-state index is -3.24. The van der Waals surface area contributed by atoms with E-state index in [1.807, 2.05) is 12.4 Å². The van der Waals surface area contributed by atoms with Gasteiger partial charge in [0, 0.05) is 11.3 Å². The molecule has 1 aromatic heterocycles. The molecule has 1 aliphatic carbocycles. The van der Waals surface area contributed by atoms with Crippen molar-refractivity contribution in [1.29, 1.82) is 0 Å². The Labute approximate surface area is 112 Å². The number of unbranched alkanes of at least 4 members (excludes halogenated alkanes) is 1. The lowest BCUT2D eigenvalue weighted by Gasteiger charge is -2.04. The van der Waals surface area contributed by atoms with Gasteiger partial charge in [0.1, 0.15) is 0 Å². The van der Waals surface area contributed by atoms with Crippen LogP contribution in [0.15, 0.2) is 5.38 Å². The molecule has 0 atom stereocenters. The van der Waals surface area contributed by atoms with Crippen LogP contribution < -0.4 is 10.0 Å². The molecule has 0 aromatic carbocycles. The van der Waals surface area contributed by atoms with Crippen LogP contribution in [0.1, 0.15) is 37.3 Å². The molecule has 0 aliphatic heterocycles. The molecule has 0 saturated heterocycles. The first kappa shape index (κ1) is 13.8. The van der Waals surface area contributed by atoms with Crippen molar-refractivity contribution in [2.45, 2.75) is 31.6 Å². The van der Waals surface area contributed by atoms with E-state index in [-0.39, 0.29) is 5.75 Å². The summed E-state index contributed by atoms with van der Waals surface area (Å²) in [6.45, 7) is 0.846. The number of hydrogen-bond donors (Lipinski definition) is 2. The number of anilines is 1. The Hall–Kier alpha value is -0.660. The molecular formula is C11H19N3O2S2. The zero-order valence-electron chi connectivity index (χ0n) is 10.5. The van der Waals surface area contributed by atoms with E-state index in [1.54, 1.807) is 0 Å². The molecule has 1 saturated carbocycles. The second-order valence-corrected chi connectivity index (χ2v) is 7.28. The number of thiazole rings is 1. The molecule has 18 heavy (non-hydrogen) atoms. The molecule has 1 aliphatic rings. The summed E-state index contributed by atoms with van der Waals surface area (Å²) in [5, 5.41) is 5.46. The van der Waals surface area contributed by atoms with Gasteiger partial charge in [-0.3, -0.25) is 4.72 Å². The number of nitrogens with zero attached hydrogens (tertiary/aromatic N) is 1. The van der Waals surface area contributed by atoms with Crippen molar-refractivity contribution in [3.05, 3.63) is 11.1 Å². The summed E-state index contributed by atoms with van der Waals surface area (Å²) < 4.78 is 26.1. The summed E-state index contributed by atoms with van der Waals surface area (Å²) in [4.78, 5) is 4.32. The fourth-order valence-electron chi connectivity index (χ4n) is 1.68. The number of hydrogen-bond acceptors (Lipinski definition) is 5. The third-order valence-electron chi connectivity index (χ3n) is 2.85. The molecule has 7 heteroatoms. The Morgan fingerprint density at radius 1 is 1.44 bits per heavy atom. The van der Waals surface area contributed by atoms with Crippen molar-refractivity contribution in [3.63, 3.8) is 0 Å². The average molecular weight is 289 g/mol. The highest BCUT2D eigenvalue weighted by Crippen LogP contribution is 2.40. The minimum Gasteiger partial charge on any atom is -0.320 e. The number of aromatic nitrogens is 1. The van der Waals surface area contributed by atoms with Gasteiger partial charge in [-0.05, 0) is 39.3 Å². The molecule has 2 N–H and O–H groups in total. The van der Waals surface area contributed by atoms with Crippen LogP contribution in [0.25, 0.3) is 0 Å². The van der Waals surface area contributed by atoms with Crippen molar-refractivity contribution in [2.24, 2.45) is 0 Å². The summed E-state index contributed by atoms with van der Waals surface area (Å²) in [6, 6.07) is 0. The molecule has 0 bridgehead atoms. The molecule has 0 radical (unpaired) electrons. The van der Waals surface area contributed by atoms with Crippen LogP contribution in [-0.4, -0.2) is 32.7 Å². The number of rotatable bonds is 8. The Balaban J connectivity index is 1.82. The summed E-state index contributed by atoms with van der Waals surface area (Å²) >= 11 is 1.37. The number of nitrogens with one attached hydrogen (secondary N) is 2. The number of sulfonamides is 1. The van der Waals surface area contributed by atoms with E-state index in [0.29, 0.717) is 17.5 Å². The fourth-order valence-corrected chi connectivity index (χ4v) is 3.88. The van der Waals surface area contributed by atoms with E-state index in [1.165, 1.54) is 24.2 Å². The highest BCUT2D eigenvalue weighted by molar-refractivity contribution is 7.92. The smallest absolute Gasteiger partial charge is 0.234 e. The average Bonchev–Trinajstić information content (AvgIpc) is 3.07. The quantitative estimate of drug-likeness (QED) is 0.715. The van der Waals surface area contributed by atoms with E-state index >= 15 is 0 Å². The molecule has 0 amide bonds. The van der Waals surface area contributed by atoms with Crippen LogP contribution in [0, 0.1) is 0 Å². The first-order valence-corrected chi connectivity index (χ1v) is 8.74. The molecule has 102 valence electrons. The Bertz CT molecular complexity index is 480. The Morgan fingerprint density at radius 3 is 2.89 bits per heavy atom. The first-order valence-electron chi connectivity index (χ1n) is 6.21. The van der Waals surface area contributed by atoms with E-state index in [4.69, 9.17) is 0 Å². The van der Waals surface area contributed by atoms with Crippen LogP contribution in [0.3, 0.4) is 0 Å². The summed E-state index contributed by atoms with van der Waals surface area (Å²) in [5.74, 6) is 0.725. The fraction of sp³-hybridized carbons (Fsp3) is 0.727. The van der Waals surface area contributed by atoms with E-state index in [0.717, 1.165) is 18.7 Å². The Morgan fingerprint density at radius 2 is 2.22 bits per heavy atom. The highest BCUT2D eigenvalue weighted by atomic mass is 32.2. The lowest BCUT2D eigenvalue weighted by Crippen LogP contribution is -2.18. The van der Waals surface area contributed by atoms with Gasteiger partial charge in [0.15, 0.2) is 5.13 Å². The lowest BCUT2D eigenvalue weighted by atomic mass is 10.3.